The van der Waals surface area contributed by atoms with Gasteiger partial charge in [0.15, 0.2) is 0 Å². The van der Waals surface area contributed by atoms with E-state index in [2.05, 4.69) is 72.8 Å². The Bertz CT molecular complexity index is 1660. The first-order valence-corrected chi connectivity index (χ1v) is 16.2. The minimum absolute atomic E-state index is 0.184. The summed E-state index contributed by atoms with van der Waals surface area (Å²) in [7, 11) is -10.7. The smallest absolute Gasteiger partial charge is 0.273 e. The third-order valence-electron chi connectivity index (χ3n) is 5.51. The van der Waals surface area contributed by atoms with E-state index in [1.807, 2.05) is 54.6 Å². The molecule has 0 aliphatic rings. The summed E-state index contributed by atoms with van der Waals surface area (Å²) in [4.78, 5) is 15.4. The summed E-state index contributed by atoms with van der Waals surface area (Å²) in [6.45, 7) is 0. The van der Waals surface area contributed by atoms with Crippen LogP contribution in [0, 0.1) is 0 Å². The maximum Gasteiger partial charge on any atom is 0.356 e. The van der Waals surface area contributed by atoms with Gasteiger partial charge in [0.05, 0.1) is 10.6 Å². The van der Waals surface area contributed by atoms with Crippen LogP contribution in [-0.2, 0) is 0 Å². The minimum atomic E-state index is -10.7. The van der Waals surface area contributed by atoms with E-state index in [1.165, 1.54) is 15.4 Å². The van der Waals surface area contributed by atoms with E-state index < -0.39 is 7.81 Å². The van der Waals surface area contributed by atoms with E-state index in [9.17, 15) is 30.0 Å². The second-order valence-corrected chi connectivity index (χ2v) is 13.4. The van der Waals surface area contributed by atoms with Crippen molar-refractivity contribution in [3.8, 4) is 11.1 Å². The zero-order chi connectivity index (χ0) is 30.4. The zero-order valence-electron chi connectivity index (χ0n) is 21.5. The van der Waals surface area contributed by atoms with Gasteiger partial charge in [0.2, 0.25) is 0 Å². The third kappa shape index (κ3) is 10.6. The van der Waals surface area contributed by atoms with Crippen LogP contribution in [0.2, 0.25) is 5.02 Å². The molecule has 0 saturated carbocycles. The number of carbonyl (C=O) groups excluding carboxylic acids is 1. The standard InChI is InChI=1S/C31H21ClOS2.F6P/c32-28-12-7-13-29(30(28)31(33)24-8-3-1-4-9-24)35-27-20-16-23(17-21-27)22-14-18-26(19-15-22)34-25-10-5-2-6-11-25;1-7(2,3,4,5)6/h1-21H;/q;-1/p+1. The van der Waals surface area contributed by atoms with Gasteiger partial charge in [0.25, 0.3) is 0 Å². The van der Waals surface area contributed by atoms with Gasteiger partial charge >= 0.3 is 38.8 Å². The number of rotatable bonds is 7. The fraction of sp³-hybridized carbons (Fsp3) is 0. The van der Waals surface area contributed by atoms with Crippen molar-refractivity contribution in [3.63, 3.8) is 0 Å². The zero-order valence-corrected chi connectivity index (χ0v) is 24.8. The molecule has 11 heteroatoms. The molecule has 1 nitrogen and oxygen atoms in total. The van der Waals surface area contributed by atoms with Crippen LogP contribution in [0.25, 0.3) is 11.1 Å². The van der Waals surface area contributed by atoms with Gasteiger partial charge in [0.1, 0.15) is 5.56 Å². The molecule has 5 aromatic carbocycles. The molecule has 0 amide bonds. The molecule has 42 heavy (non-hydrogen) atoms. The van der Waals surface area contributed by atoms with Crippen LogP contribution < -0.4 is 0 Å². The monoisotopic (exact) mass is 654 g/mol. The van der Waals surface area contributed by atoms with Gasteiger partial charge < -0.3 is 0 Å². The van der Waals surface area contributed by atoms with Gasteiger partial charge in [-0.05, 0) is 71.8 Å². The number of hydrogen-bond donors (Lipinski definition) is 0. The topological polar surface area (TPSA) is 21.4 Å². The van der Waals surface area contributed by atoms with Gasteiger partial charge in [-0.1, -0.05) is 102 Å². The fourth-order valence-electron chi connectivity index (χ4n) is 3.74. The van der Waals surface area contributed by atoms with Crippen molar-refractivity contribution >= 4 is 48.7 Å². The van der Waals surface area contributed by atoms with Crippen LogP contribution in [-0.4, -0.2) is 10.6 Å². The molecule has 0 spiro atoms. The van der Waals surface area contributed by atoms with E-state index >= 15 is 0 Å². The first-order valence-electron chi connectivity index (χ1n) is 12.2. The maximum absolute atomic E-state index is 11.0. The molecule has 0 aromatic heterocycles. The number of ketones is 1. The van der Waals surface area contributed by atoms with Gasteiger partial charge in [-0.15, -0.1) is 0 Å². The van der Waals surface area contributed by atoms with Crippen LogP contribution in [0.3, 0.4) is 0 Å². The Balaban J connectivity index is 0.000000517. The van der Waals surface area contributed by atoms with Gasteiger partial charge in [-0.25, -0.2) is 0 Å². The largest absolute Gasteiger partial charge is 0.356 e. The molecule has 0 unspecified atom stereocenters. The fourth-order valence-corrected chi connectivity index (χ4v) is 5.88. The van der Waals surface area contributed by atoms with E-state index in [0.29, 0.717) is 10.6 Å². The second-order valence-electron chi connectivity index (χ2n) is 8.85. The Morgan fingerprint density at radius 2 is 0.952 bits per heavy atom. The molecular weight excluding hydrogens is 633 g/mol. The SMILES string of the molecule is F[P-](F)(F)(F)(F)F.[OH+]=C(c1ccccc1)c1c(Cl)cccc1Sc1ccc(-c2ccc(Sc3ccccc3)cc2)cc1. The molecule has 0 saturated heterocycles. The number of hydrogen-bond acceptors (Lipinski definition) is 2. The van der Waals surface area contributed by atoms with E-state index in [-0.39, 0.29) is 5.78 Å². The Hall–Kier alpha value is -3.23. The summed E-state index contributed by atoms with van der Waals surface area (Å²) in [5.41, 5.74) is 3.74. The summed E-state index contributed by atoms with van der Waals surface area (Å²) in [5, 5.41) is 0.529. The minimum Gasteiger partial charge on any atom is -0.273 e. The van der Waals surface area contributed by atoms with E-state index in [4.69, 9.17) is 11.6 Å². The first kappa shape index (κ1) is 31.7. The molecule has 0 fully saturated rings. The van der Waals surface area contributed by atoms with Crippen molar-refractivity contribution in [2.75, 3.05) is 0 Å². The second kappa shape index (κ2) is 12.2. The van der Waals surface area contributed by atoms with Crippen molar-refractivity contribution in [2.24, 2.45) is 0 Å². The van der Waals surface area contributed by atoms with Gasteiger partial charge in [0, 0.05) is 19.6 Å². The summed E-state index contributed by atoms with van der Waals surface area (Å²) < 4.78 is 59.2. The Morgan fingerprint density at radius 3 is 1.45 bits per heavy atom. The van der Waals surface area contributed by atoms with Crippen molar-refractivity contribution < 1.29 is 30.0 Å². The molecular formula is C31H22ClF6OPS2. The van der Waals surface area contributed by atoms with Crippen molar-refractivity contribution in [1.82, 2.24) is 0 Å². The summed E-state index contributed by atoms with van der Waals surface area (Å²) in [5.74, 6) is 0.184. The van der Waals surface area contributed by atoms with Crippen LogP contribution in [0.15, 0.2) is 147 Å². The first-order chi connectivity index (χ1) is 19.6. The van der Waals surface area contributed by atoms with Crippen molar-refractivity contribution in [3.05, 3.63) is 144 Å². The molecule has 5 aromatic rings. The summed E-state index contributed by atoms with van der Waals surface area (Å²) >= 11 is 9.87. The van der Waals surface area contributed by atoms with E-state index in [0.717, 1.165) is 20.9 Å². The normalized spacial score (nSPS) is 12.8. The van der Waals surface area contributed by atoms with Crippen LogP contribution in [0.5, 0.6) is 0 Å². The molecule has 1 N–H and O–H groups in total. The number of benzene rings is 5. The van der Waals surface area contributed by atoms with Crippen LogP contribution in [0.4, 0.5) is 25.2 Å². The maximum atomic E-state index is 11.0. The van der Waals surface area contributed by atoms with Crippen LogP contribution >= 0.6 is 42.9 Å². The van der Waals surface area contributed by atoms with Crippen molar-refractivity contribution in [2.45, 2.75) is 19.6 Å². The molecule has 0 aliphatic heterocycles. The average molecular weight is 655 g/mol. The molecule has 0 atom stereocenters. The molecule has 0 aliphatic carbocycles. The quantitative estimate of drug-likeness (QED) is 0.0754. The average Bonchev–Trinajstić information content (AvgIpc) is 2.93. The Morgan fingerprint density at radius 1 is 0.524 bits per heavy atom. The summed E-state index contributed by atoms with van der Waals surface area (Å²) in [6.07, 6.45) is 0. The molecule has 218 valence electrons. The Labute approximate surface area is 252 Å². The predicted octanol–water partition coefficient (Wildman–Crippen LogP) is 12.6. The molecule has 0 radical (unpaired) electrons. The Kier molecular flexibility index (Phi) is 9.19. The molecule has 0 heterocycles. The molecule has 5 rings (SSSR count). The molecule has 0 bridgehead atoms. The predicted molar refractivity (Wildman–Crippen MR) is 163 cm³/mol. The van der Waals surface area contributed by atoms with Gasteiger partial charge in [-0.2, -0.15) is 0 Å². The van der Waals surface area contributed by atoms with Gasteiger partial charge in [-0.3, -0.25) is 4.79 Å². The summed E-state index contributed by atoms with van der Waals surface area (Å²) in [6, 6.07) is 42.7. The number of halogens is 7. The van der Waals surface area contributed by atoms with E-state index in [1.54, 1.807) is 23.5 Å². The third-order valence-corrected chi connectivity index (χ3v) is 7.91. The van der Waals surface area contributed by atoms with Crippen LogP contribution in [0.1, 0.15) is 11.1 Å². The van der Waals surface area contributed by atoms with Crippen molar-refractivity contribution in [1.29, 1.82) is 0 Å².